The van der Waals surface area contributed by atoms with E-state index in [-0.39, 0.29) is 0 Å². The van der Waals surface area contributed by atoms with Crippen molar-refractivity contribution in [1.29, 1.82) is 0 Å². The second kappa shape index (κ2) is 5.98. The summed E-state index contributed by atoms with van der Waals surface area (Å²) in [5.41, 5.74) is 0. The molecule has 2 bridgehead atoms. The molecule has 0 spiro atoms. The van der Waals surface area contributed by atoms with Gasteiger partial charge < -0.3 is 17.8 Å². The molecule has 0 unspecified atom stereocenters. The Hall–Kier alpha value is 0.0169. The highest BCUT2D eigenvalue weighted by atomic mass is 28.4. The Kier molecular flexibility index (Phi) is 4.79. The fourth-order valence-corrected chi connectivity index (χ4v) is 4.96. The Morgan fingerprint density at radius 2 is 1.44 bits per heavy atom. The predicted molar refractivity (Wildman–Crippen MR) is 72.4 cm³/mol. The summed E-state index contributed by atoms with van der Waals surface area (Å²) in [6, 6.07) is 0.931. The minimum absolute atomic E-state index is 0.931. The van der Waals surface area contributed by atoms with Gasteiger partial charge in [-0.15, -0.1) is 0 Å². The van der Waals surface area contributed by atoms with Crippen LogP contribution in [0, 0.1) is 0 Å². The highest BCUT2D eigenvalue weighted by molar-refractivity contribution is 6.60. The molecule has 0 aromatic heterocycles. The molecule has 3 aliphatic heterocycles. The number of hydrogen-bond acceptors (Lipinski definition) is 4. The molecular weight excluding hydrogens is 248 g/mol. The lowest BCUT2D eigenvalue weighted by molar-refractivity contribution is -0.941. The van der Waals surface area contributed by atoms with Gasteiger partial charge in [0.1, 0.15) is 0 Å². The lowest BCUT2D eigenvalue weighted by atomic mass is 10.1. The Labute approximate surface area is 112 Å². The zero-order valence-corrected chi connectivity index (χ0v) is 13.0. The maximum absolute atomic E-state index is 5.48. The molecule has 3 fully saturated rings. The minimum atomic E-state index is -2.36. The van der Waals surface area contributed by atoms with Crippen molar-refractivity contribution in [2.75, 3.05) is 67.1 Å². The normalized spacial score (nSPS) is 31.8. The SMILES string of the molecule is CO[Si](CCC[N+]12CCN(CC1)CC2)(OC)OC. The molecule has 106 valence electrons. The quantitative estimate of drug-likeness (QED) is 0.497. The molecular formula is C12H27N2O3Si+. The summed E-state index contributed by atoms with van der Waals surface area (Å²) in [6.45, 7) is 9.05. The van der Waals surface area contributed by atoms with Crippen molar-refractivity contribution >= 4 is 8.80 Å². The first-order valence-corrected chi connectivity index (χ1v) is 8.84. The van der Waals surface area contributed by atoms with Crippen LogP contribution in [-0.4, -0.2) is 85.3 Å². The van der Waals surface area contributed by atoms with Crippen LogP contribution in [0.3, 0.4) is 0 Å². The fourth-order valence-electron chi connectivity index (χ4n) is 3.25. The van der Waals surface area contributed by atoms with Crippen LogP contribution >= 0.6 is 0 Å². The molecule has 18 heavy (non-hydrogen) atoms. The second-order valence-electron chi connectivity index (χ2n) is 5.48. The van der Waals surface area contributed by atoms with Crippen molar-refractivity contribution in [2.45, 2.75) is 12.5 Å². The molecule has 0 atom stereocenters. The molecule has 0 radical (unpaired) electrons. The van der Waals surface area contributed by atoms with E-state index in [1.807, 2.05) is 0 Å². The van der Waals surface area contributed by atoms with E-state index in [2.05, 4.69) is 4.90 Å². The Bertz CT molecular complexity index is 244. The van der Waals surface area contributed by atoms with Gasteiger partial charge in [-0.2, -0.15) is 0 Å². The number of hydrogen-bond donors (Lipinski definition) is 0. The summed E-state index contributed by atoms with van der Waals surface area (Å²) < 4.78 is 17.7. The number of piperazine rings is 3. The van der Waals surface area contributed by atoms with Crippen LogP contribution in [0.2, 0.25) is 6.04 Å². The Balaban J connectivity index is 1.80. The molecule has 0 N–H and O–H groups in total. The van der Waals surface area contributed by atoms with Crippen molar-refractivity contribution in [2.24, 2.45) is 0 Å². The molecule has 0 aromatic carbocycles. The maximum atomic E-state index is 5.48. The number of quaternary nitrogens is 1. The third kappa shape index (κ3) is 2.95. The number of nitrogens with zero attached hydrogens (tertiary/aromatic N) is 2. The van der Waals surface area contributed by atoms with Gasteiger partial charge in [0.15, 0.2) is 0 Å². The van der Waals surface area contributed by atoms with Crippen molar-refractivity contribution in [3.63, 3.8) is 0 Å². The van der Waals surface area contributed by atoms with Gasteiger partial charge in [0, 0.05) is 53.4 Å². The maximum Gasteiger partial charge on any atom is 0.500 e. The zero-order valence-electron chi connectivity index (χ0n) is 12.0. The van der Waals surface area contributed by atoms with Gasteiger partial charge in [0.25, 0.3) is 0 Å². The molecule has 0 saturated carbocycles. The van der Waals surface area contributed by atoms with Crippen molar-refractivity contribution < 1.29 is 17.8 Å². The molecule has 0 aliphatic carbocycles. The summed E-state index contributed by atoms with van der Waals surface area (Å²) in [7, 11) is 2.74. The number of fused-ring (bicyclic) bond motifs is 3. The summed E-state index contributed by atoms with van der Waals surface area (Å²) in [5, 5.41) is 0. The Morgan fingerprint density at radius 1 is 0.944 bits per heavy atom. The lowest BCUT2D eigenvalue weighted by Gasteiger charge is -2.50. The van der Waals surface area contributed by atoms with Crippen molar-refractivity contribution in [1.82, 2.24) is 4.90 Å². The van der Waals surface area contributed by atoms with E-state index in [0.717, 1.165) is 12.5 Å². The predicted octanol–water partition coefficient (Wildman–Crippen LogP) is 0.401. The first kappa shape index (κ1) is 14.4. The first-order chi connectivity index (χ1) is 8.67. The monoisotopic (exact) mass is 275 g/mol. The van der Waals surface area contributed by atoms with Gasteiger partial charge in [-0.3, -0.25) is 4.90 Å². The van der Waals surface area contributed by atoms with E-state index >= 15 is 0 Å². The van der Waals surface area contributed by atoms with E-state index in [0.29, 0.717) is 0 Å². The molecule has 3 rings (SSSR count). The summed E-state index contributed by atoms with van der Waals surface area (Å²) >= 11 is 0. The second-order valence-corrected chi connectivity index (χ2v) is 8.57. The van der Waals surface area contributed by atoms with Gasteiger partial charge in [-0.05, 0) is 0 Å². The van der Waals surface area contributed by atoms with Gasteiger partial charge in [0.2, 0.25) is 0 Å². The topological polar surface area (TPSA) is 30.9 Å². The molecule has 0 amide bonds. The van der Waals surface area contributed by atoms with Gasteiger partial charge >= 0.3 is 8.80 Å². The van der Waals surface area contributed by atoms with Crippen LogP contribution in [0.15, 0.2) is 0 Å². The standard InChI is InChI=1S/C12H27N2O3Si/c1-15-18(16-2,17-3)12-4-8-14-9-5-13(6-10-14)7-11-14/h4-12H2,1-3H3/q+1. The van der Waals surface area contributed by atoms with Crippen molar-refractivity contribution in [3.8, 4) is 0 Å². The van der Waals surface area contributed by atoms with E-state index in [1.165, 1.54) is 50.3 Å². The molecule has 0 aromatic rings. The third-order valence-electron chi connectivity index (χ3n) is 4.72. The molecule has 6 heteroatoms. The average molecular weight is 275 g/mol. The van der Waals surface area contributed by atoms with E-state index in [9.17, 15) is 0 Å². The minimum Gasteiger partial charge on any atom is -0.377 e. The van der Waals surface area contributed by atoms with E-state index in [4.69, 9.17) is 13.3 Å². The summed E-state index contributed by atoms with van der Waals surface area (Å²) in [6.07, 6.45) is 1.14. The van der Waals surface area contributed by atoms with E-state index < -0.39 is 8.80 Å². The van der Waals surface area contributed by atoms with Crippen molar-refractivity contribution in [3.05, 3.63) is 0 Å². The van der Waals surface area contributed by atoms with Crippen LogP contribution < -0.4 is 0 Å². The summed E-state index contributed by atoms with van der Waals surface area (Å²) in [4.78, 5) is 2.58. The molecule has 5 nitrogen and oxygen atoms in total. The molecule has 3 heterocycles. The van der Waals surface area contributed by atoms with Gasteiger partial charge in [0.05, 0.1) is 26.2 Å². The highest BCUT2D eigenvalue weighted by Gasteiger charge is 2.41. The Morgan fingerprint density at radius 3 is 1.89 bits per heavy atom. The lowest BCUT2D eigenvalue weighted by Crippen LogP contribution is -2.67. The smallest absolute Gasteiger partial charge is 0.377 e. The third-order valence-corrected chi connectivity index (χ3v) is 7.55. The van der Waals surface area contributed by atoms with Gasteiger partial charge in [-0.1, -0.05) is 0 Å². The van der Waals surface area contributed by atoms with Crippen LogP contribution in [0.25, 0.3) is 0 Å². The molecule has 3 saturated heterocycles. The van der Waals surface area contributed by atoms with Crippen LogP contribution in [0.5, 0.6) is 0 Å². The first-order valence-electron chi connectivity index (χ1n) is 6.90. The van der Waals surface area contributed by atoms with Crippen LogP contribution in [0.1, 0.15) is 6.42 Å². The highest BCUT2D eigenvalue weighted by Crippen LogP contribution is 2.22. The summed E-state index contributed by atoms with van der Waals surface area (Å²) in [5.74, 6) is 0. The zero-order chi connectivity index (χ0) is 13.1. The fraction of sp³-hybridized carbons (Fsp3) is 1.00. The van der Waals surface area contributed by atoms with Crippen LogP contribution in [0.4, 0.5) is 0 Å². The van der Waals surface area contributed by atoms with E-state index in [1.54, 1.807) is 21.3 Å². The molecule has 3 aliphatic rings. The largest absolute Gasteiger partial charge is 0.500 e. The number of rotatable bonds is 7. The van der Waals surface area contributed by atoms with Crippen LogP contribution in [-0.2, 0) is 13.3 Å². The van der Waals surface area contributed by atoms with Gasteiger partial charge in [-0.25, -0.2) is 0 Å². The average Bonchev–Trinajstić information content (AvgIpc) is 2.46.